The smallest absolute Gasteiger partial charge is 0.123 e. The Hall–Kier alpha value is -0.930. The molecule has 2 nitrogen and oxygen atoms in total. The van der Waals surface area contributed by atoms with Gasteiger partial charge in [-0.05, 0) is 31.0 Å². The zero-order valence-electron chi connectivity index (χ0n) is 8.87. The van der Waals surface area contributed by atoms with Gasteiger partial charge in [-0.15, -0.1) is 0 Å². The summed E-state index contributed by atoms with van der Waals surface area (Å²) in [6.45, 7) is 3.69. The second-order valence-corrected chi connectivity index (χ2v) is 3.98. The van der Waals surface area contributed by atoms with Crippen molar-refractivity contribution in [1.82, 2.24) is 5.32 Å². The first-order valence-electron chi connectivity index (χ1n) is 5.35. The third kappa shape index (κ3) is 2.76. The van der Waals surface area contributed by atoms with Crippen molar-refractivity contribution in [1.29, 1.82) is 0 Å². The predicted molar refractivity (Wildman–Crippen MR) is 57.1 cm³/mol. The first-order chi connectivity index (χ1) is 7.25. The van der Waals surface area contributed by atoms with Crippen LogP contribution in [0.4, 0.5) is 4.39 Å². The SMILES string of the molecule is CC1OCCC1NCc1ccc(F)cc1. The average Bonchev–Trinajstić information content (AvgIpc) is 2.63. The summed E-state index contributed by atoms with van der Waals surface area (Å²) in [6.07, 6.45) is 1.34. The molecule has 0 saturated carbocycles. The standard InChI is InChI=1S/C12H16FNO/c1-9-12(6-7-15-9)14-8-10-2-4-11(13)5-3-10/h2-5,9,12,14H,6-8H2,1H3. The Balaban J connectivity index is 1.85. The van der Waals surface area contributed by atoms with Crippen LogP contribution in [0.15, 0.2) is 24.3 Å². The fraction of sp³-hybridized carbons (Fsp3) is 0.500. The minimum Gasteiger partial charge on any atom is -0.377 e. The summed E-state index contributed by atoms with van der Waals surface area (Å²) >= 11 is 0. The van der Waals surface area contributed by atoms with Crippen LogP contribution in [0, 0.1) is 5.82 Å². The second kappa shape index (κ2) is 4.73. The van der Waals surface area contributed by atoms with Crippen molar-refractivity contribution >= 4 is 0 Å². The van der Waals surface area contributed by atoms with Gasteiger partial charge in [0.2, 0.25) is 0 Å². The molecular formula is C12H16FNO. The molecule has 1 aromatic carbocycles. The van der Waals surface area contributed by atoms with Gasteiger partial charge in [-0.3, -0.25) is 0 Å². The monoisotopic (exact) mass is 209 g/mol. The van der Waals surface area contributed by atoms with E-state index in [0.717, 1.165) is 25.1 Å². The average molecular weight is 209 g/mol. The molecular weight excluding hydrogens is 193 g/mol. The third-order valence-electron chi connectivity index (χ3n) is 2.86. The van der Waals surface area contributed by atoms with Gasteiger partial charge in [0.25, 0.3) is 0 Å². The molecule has 0 radical (unpaired) electrons. The summed E-state index contributed by atoms with van der Waals surface area (Å²) < 4.78 is 18.1. The molecule has 1 aliphatic rings. The van der Waals surface area contributed by atoms with E-state index in [1.54, 1.807) is 0 Å². The summed E-state index contributed by atoms with van der Waals surface area (Å²) in [6, 6.07) is 7.03. The van der Waals surface area contributed by atoms with Crippen LogP contribution in [0.1, 0.15) is 18.9 Å². The second-order valence-electron chi connectivity index (χ2n) is 3.98. The Morgan fingerprint density at radius 2 is 2.13 bits per heavy atom. The highest BCUT2D eigenvalue weighted by molar-refractivity contribution is 5.15. The molecule has 0 amide bonds. The van der Waals surface area contributed by atoms with E-state index in [9.17, 15) is 4.39 Å². The number of hydrogen-bond acceptors (Lipinski definition) is 2. The molecule has 1 N–H and O–H groups in total. The van der Waals surface area contributed by atoms with Crippen molar-refractivity contribution in [3.05, 3.63) is 35.6 Å². The predicted octanol–water partition coefficient (Wildman–Crippen LogP) is 2.09. The maximum Gasteiger partial charge on any atom is 0.123 e. The van der Waals surface area contributed by atoms with E-state index in [1.807, 2.05) is 12.1 Å². The Labute approximate surface area is 89.4 Å². The van der Waals surface area contributed by atoms with Crippen LogP contribution >= 0.6 is 0 Å². The minimum absolute atomic E-state index is 0.184. The summed E-state index contributed by atoms with van der Waals surface area (Å²) in [5.74, 6) is -0.184. The van der Waals surface area contributed by atoms with Crippen LogP contribution in [0.25, 0.3) is 0 Å². The fourth-order valence-electron chi connectivity index (χ4n) is 1.85. The molecule has 1 aromatic rings. The highest BCUT2D eigenvalue weighted by Crippen LogP contribution is 2.13. The Morgan fingerprint density at radius 3 is 2.73 bits per heavy atom. The van der Waals surface area contributed by atoms with Gasteiger partial charge in [-0.2, -0.15) is 0 Å². The fourth-order valence-corrected chi connectivity index (χ4v) is 1.85. The molecule has 0 aliphatic carbocycles. The molecule has 15 heavy (non-hydrogen) atoms. The van der Waals surface area contributed by atoms with Crippen LogP contribution in [0.3, 0.4) is 0 Å². The third-order valence-corrected chi connectivity index (χ3v) is 2.86. The topological polar surface area (TPSA) is 21.3 Å². The molecule has 82 valence electrons. The molecule has 1 saturated heterocycles. The van der Waals surface area contributed by atoms with Gasteiger partial charge in [-0.1, -0.05) is 12.1 Å². The van der Waals surface area contributed by atoms with Crippen LogP contribution in [-0.4, -0.2) is 18.8 Å². The molecule has 2 atom stereocenters. The van der Waals surface area contributed by atoms with E-state index in [1.165, 1.54) is 12.1 Å². The molecule has 0 aromatic heterocycles. The van der Waals surface area contributed by atoms with Gasteiger partial charge >= 0.3 is 0 Å². The molecule has 3 heteroatoms. The van der Waals surface area contributed by atoms with Crippen molar-refractivity contribution in [3.63, 3.8) is 0 Å². The number of ether oxygens (including phenoxy) is 1. The highest BCUT2D eigenvalue weighted by atomic mass is 19.1. The highest BCUT2D eigenvalue weighted by Gasteiger charge is 2.23. The van der Waals surface area contributed by atoms with Crippen LogP contribution in [0.5, 0.6) is 0 Å². The Kier molecular flexibility index (Phi) is 3.34. The van der Waals surface area contributed by atoms with E-state index < -0.39 is 0 Å². The van der Waals surface area contributed by atoms with Gasteiger partial charge in [0.05, 0.1) is 6.10 Å². The molecule has 2 unspecified atom stereocenters. The number of halogens is 1. The lowest BCUT2D eigenvalue weighted by molar-refractivity contribution is 0.113. The van der Waals surface area contributed by atoms with E-state index in [4.69, 9.17) is 4.74 Å². The van der Waals surface area contributed by atoms with Crippen molar-refractivity contribution in [3.8, 4) is 0 Å². The maximum atomic E-state index is 12.6. The number of rotatable bonds is 3. The van der Waals surface area contributed by atoms with E-state index >= 15 is 0 Å². The lowest BCUT2D eigenvalue weighted by Gasteiger charge is -2.15. The molecule has 1 fully saturated rings. The van der Waals surface area contributed by atoms with Crippen LogP contribution in [-0.2, 0) is 11.3 Å². The zero-order chi connectivity index (χ0) is 10.7. The van der Waals surface area contributed by atoms with E-state index in [0.29, 0.717) is 6.04 Å². The summed E-state index contributed by atoms with van der Waals surface area (Å²) in [7, 11) is 0. The van der Waals surface area contributed by atoms with Crippen molar-refractivity contribution in [2.45, 2.75) is 32.0 Å². The summed E-state index contributed by atoms with van der Waals surface area (Å²) in [4.78, 5) is 0. The minimum atomic E-state index is -0.184. The van der Waals surface area contributed by atoms with Crippen molar-refractivity contribution < 1.29 is 9.13 Å². The largest absolute Gasteiger partial charge is 0.377 e. The van der Waals surface area contributed by atoms with Gasteiger partial charge in [0, 0.05) is 19.2 Å². The Bertz CT molecular complexity index is 312. The normalized spacial score (nSPS) is 25.7. The number of benzene rings is 1. The van der Waals surface area contributed by atoms with Crippen molar-refractivity contribution in [2.75, 3.05) is 6.61 Å². The summed E-state index contributed by atoms with van der Waals surface area (Å²) in [5.41, 5.74) is 1.11. The number of nitrogens with one attached hydrogen (secondary N) is 1. The van der Waals surface area contributed by atoms with Crippen LogP contribution < -0.4 is 5.32 Å². The first kappa shape index (κ1) is 10.6. The van der Waals surface area contributed by atoms with Gasteiger partial charge < -0.3 is 10.1 Å². The lowest BCUT2D eigenvalue weighted by atomic mass is 10.1. The Morgan fingerprint density at radius 1 is 1.40 bits per heavy atom. The van der Waals surface area contributed by atoms with Gasteiger partial charge in [-0.25, -0.2) is 4.39 Å². The van der Waals surface area contributed by atoms with E-state index in [2.05, 4.69) is 12.2 Å². The first-order valence-corrected chi connectivity index (χ1v) is 5.35. The molecule has 1 heterocycles. The lowest BCUT2D eigenvalue weighted by Crippen LogP contribution is -2.34. The van der Waals surface area contributed by atoms with Crippen LogP contribution in [0.2, 0.25) is 0 Å². The molecule has 2 rings (SSSR count). The molecule has 0 bridgehead atoms. The summed E-state index contributed by atoms with van der Waals surface area (Å²) in [5, 5.41) is 3.42. The van der Waals surface area contributed by atoms with E-state index in [-0.39, 0.29) is 11.9 Å². The zero-order valence-corrected chi connectivity index (χ0v) is 8.87. The molecule has 0 spiro atoms. The molecule has 1 aliphatic heterocycles. The maximum absolute atomic E-state index is 12.6. The van der Waals surface area contributed by atoms with Crippen molar-refractivity contribution in [2.24, 2.45) is 0 Å². The quantitative estimate of drug-likeness (QED) is 0.823. The number of hydrogen-bond donors (Lipinski definition) is 1. The van der Waals surface area contributed by atoms with Gasteiger partial charge in [0.15, 0.2) is 0 Å². The van der Waals surface area contributed by atoms with Gasteiger partial charge in [0.1, 0.15) is 5.82 Å².